The van der Waals surface area contributed by atoms with Gasteiger partial charge in [-0.1, -0.05) is 200 Å². The van der Waals surface area contributed by atoms with Gasteiger partial charge in [-0.3, -0.25) is 0 Å². The molecule has 0 saturated carbocycles. The summed E-state index contributed by atoms with van der Waals surface area (Å²) in [5.74, 6) is 1.87. The molecule has 0 aliphatic carbocycles. The summed E-state index contributed by atoms with van der Waals surface area (Å²) in [6, 6.07) is 89.2. The van der Waals surface area contributed by atoms with E-state index in [2.05, 4.69) is 199 Å². The Morgan fingerprint density at radius 2 is 0.760 bits per heavy atom. The maximum atomic E-state index is 6.86. The van der Waals surface area contributed by atoms with Gasteiger partial charge in [0.1, 0.15) is 16.7 Å². The second-order valence-electron chi connectivity index (χ2n) is 19.1. The highest BCUT2D eigenvalue weighted by Gasteiger charge is 2.21. The zero-order chi connectivity index (χ0) is 49.4. The van der Waals surface area contributed by atoms with Gasteiger partial charge < -0.3 is 13.4 Å². The average molecular weight is 959 g/mol. The fourth-order valence-corrected chi connectivity index (χ4v) is 11.1. The van der Waals surface area contributed by atoms with Crippen molar-refractivity contribution < 1.29 is 8.83 Å². The predicted octanol–water partition coefficient (Wildman–Crippen LogP) is 18.4. The molecule has 75 heavy (non-hydrogen) atoms. The van der Waals surface area contributed by atoms with Gasteiger partial charge in [0.15, 0.2) is 23.1 Å². The Bertz CT molecular complexity index is 4650. The lowest BCUT2D eigenvalue weighted by molar-refractivity contribution is 0.666. The van der Waals surface area contributed by atoms with Crippen LogP contribution in [0.4, 0.5) is 0 Å². The minimum absolute atomic E-state index is 0.609. The highest BCUT2D eigenvalue weighted by molar-refractivity contribution is 6.16. The number of hydrogen-bond donors (Lipinski definition) is 0. The Balaban J connectivity index is 0.799. The third-order valence-corrected chi connectivity index (χ3v) is 14.7. The van der Waals surface area contributed by atoms with E-state index in [9.17, 15) is 0 Å². The molecule has 15 aromatic rings. The molecule has 350 valence electrons. The van der Waals surface area contributed by atoms with Gasteiger partial charge >= 0.3 is 0 Å². The molecule has 4 heterocycles. The topological polar surface area (TPSA) is 69.9 Å². The molecule has 0 saturated heterocycles. The normalized spacial score (nSPS) is 11.7. The number of para-hydroxylation sites is 3. The Labute approximate surface area is 431 Å². The van der Waals surface area contributed by atoms with Crippen LogP contribution in [0, 0.1) is 0 Å². The van der Waals surface area contributed by atoms with E-state index in [1.165, 1.54) is 21.9 Å². The average Bonchev–Trinajstić information content (AvgIpc) is 4.22. The second kappa shape index (κ2) is 17.3. The fourth-order valence-electron chi connectivity index (χ4n) is 11.1. The maximum Gasteiger partial charge on any atom is 0.164 e. The van der Waals surface area contributed by atoms with Gasteiger partial charge in [-0.15, -0.1) is 0 Å². The molecule has 0 amide bonds. The number of rotatable bonds is 8. The first-order valence-electron chi connectivity index (χ1n) is 25.2. The van der Waals surface area contributed by atoms with Gasteiger partial charge in [-0.2, -0.15) is 0 Å². The lowest BCUT2D eigenvalue weighted by Gasteiger charge is -2.10. The van der Waals surface area contributed by atoms with E-state index >= 15 is 0 Å². The fraction of sp³-hybridized carbons (Fsp3) is 0. The van der Waals surface area contributed by atoms with Crippen LogP contribution in [-0.2, 0) is 0 Å². The molecule has 0 unspecified atom stereocenters. The summed E-state index contributed by atoms with van der Waals surface area (Å²) in [7, 11) is 0. The Hall–Kier alpha value is -10.2. The van der Waals surface area contributed by atoms with E-state index in [-0.39, 0.29) is 0 Å². The number of nitrogens with zero attached hydrogens (tertiary/aromatic N) is 4. The van der Waals surface area contributed by atoms with Crippen molar-refractivity contribution in [1.82, 2.24) is 19.5 Å². The zero-order valence-corrected chi connectivity index (χ0v) is 40.4. The predicted molar refractivity (Wildman–Crippen MR) is 307 cm³/mol. The molecule has 0 N–H and O–H groups in total. The van der Waals surface area contributed by atoms with Crippen LogP contribution in [0.3, 0.4) is 0 Å². The second-order valence-corrected chi connectivity index (χ2v) is 19.1. The highest BCUT2D eigenvalue weighted by Crippen LogP contribution is 2.44. The standard InChI is InChI=1S/C69H42N4O2/c1-4-17-43(18-5-1)47-35-37-60-57(41-47)54-27-10-11-32-59(54)73(60)61-33-15-30-55-58-42-48(36-38-62(58)74-66(55)61)46-23-12-25-50(39-46)53-29-14-31-56-64-52(28-16-34-63(64)75-65(53)56)49-24-13-26-51(40-49)69-71-67(44-19-6-2-7-20-44)70-68(72-69)45-21-8-3-9-22-45/h1-42H. The zero-order valence-electron chi connectivity index (χ0n) is 40.4. The van der Waals surface area contributed by atoms with E-state index in [1.807, 2.05) is 60.7 Å². The molecule has 0 atom stereocenters. The van der Waals surface area contributed by atoms with Gasteiger partial charge in [-0.05, 0) is 93.5 Å². The van der Waals surface area contributed by atoms with Crippen molar-refractivity contribution in [3.05, 3.63) is 255 Å². The molecule has 0 bridgehead atoms. The van der Waals surface area contributed by atoms with Crippen molar-refractivity contribution in [3.63, 3.8) is 0 Å². The third kappa shape index (κ3) is 7.14. The molecule has 0 spiro atoms. The first-order valence-corrected chi connectivity index (χ1v) is 25.2. The van der Waals surface area contributed by atoms with Crippen LogP contribution in [0.2, 0.25) is 0 Å². The van der Waals surface area contributed by atoms with Crippen LogP contribution in [0.5, 0.6) is 0 Å². The Morgan fingerprint density at radius 3 is 1.53 bits per heavy atom. The van der Waals surface area contributed by atoms with E-state index in [4.69, 9.17) is 23.8 Å². The van der Waals surface area contributed by atoms with Crippen LogP contribution in [0.25, 0.3) is 150 Å². The number of hydrogen-bond acceptors (Lipinski definition) is 5. The minimum Gasteiger partial charge on any atom is -0.455 e. The highest BCUT2D eigenvalue weighted by atomic mass is 16.3. The summed E-state index contributed by atoms with van der Waals surface area (Å²) in [5.41, 5.74) is 18.2. The smallest absolute Gasteiger partial charge is 0.164 e. The SMILES string of the molecule is c1ccc(-c2ccc3c(c2)c2ccccc2n3-c2cccc3c2oc2ccc(-c4cccc(-c5cccc6c5oc5cccc(-c7cccc(-c8nc(-c9ccccc9)nc(-c9ccccc9)n8)c7)c56)c4)cc23)cc1. The number of aromatic nitrogens is 4. The quantitative estimate of drug-likeness (QED) is 0.152. The van der Waals surface area contributed by atoms with Gasteiger partial charge in [0.2, 0.25) is 0 Å². The lowest BCUT2D eigenvalue weighted by Crippen LogP contribution is -2.00. The van der Waals surface area contributed by atoms with Gasteiger partial charge in [-0.25, -0.2) is 15.0 Å². The molecule has 0 aliphatic heterocycles. The number of fused-ring (bicyclic) bond motifs is 9. The molecule has 0 fully saturated rings. The summed E-state index contributed by atoms with van der Waals surface area (Å²) >= 11 is 0. The molecule has 0 radical (unpaired) electrons. The monoisotopic (exact) mass is 958 g/mol. The maximum absolute atomic E-state index is 6.86. The van der Waals surface area contributed by atoms with Gasteiger partial charge in [0.25, 0.3) is 0 Å². The summed E-state index contributed by atoms with van der Waals surface area (Å²) in [6.07, 6.45) is 0. The summed E-state index contributed by atoms with van der Waals surface area (Å²) in [5, 5.41) is 6.66. The summed E-state index contributed by atoms with van der Waals surface area (Å²) in [4.78, 5) is 15.0. The van der Waals surface area contributed by atoms with Crippen molar-refractivity contribution in [1.29, 1.82) is 0 Å². The summed E-state index contributed by atoms with van der Waals surface area (Å²) < 4.78 is 16.0. The van der Waals surface area contributed by atoms with Crippen molar-refractivity contribution in [2.75, 3.05) is 0 Å². The molecular formula is C69H42N4O2. The van der Waals surface area contributed by atoms with Crippen LogP contribution in [0.15, 0.2) is 264 Å². The molecule has 4 aromatic heterocycles. The van der Waals surface area contributed by atoms with Crippen LogP contribution >= 0.6 is 0 Å². The van der Waals surface area contributed by atoms with Crippen molar-refractivity contribution in [3.8, 4) is 84.4 Å². The third-order valence-electron chi connectivity index (χ3n) is 14.7. The van der Waals surface area contributed by atoms with Crippen LogP contribution < -0.4 is 0 Å². The van der Waals surface area contributed by atoms with E-state index < -0.39 is 0 Å². The van der Waals surface area contributed by atoms with Gasteiger partial charge in [0.05, 0.1) is 16.7 Å². The summed E-state index contributed by atoms with van der Waals surface area (Å²) in [6.45, 7) is 0. The molecule has 0 aliphatic rings. The van der Waals surface area contributed by atoms with Crippen LogP contribution in [0.1, 0.15) is 0 Å². The number of furan rings is 2. The van der Waals surface area contributed by atoms with E-state index in [0.29, 0.717) is 17.5 Å². The van der Waals surface area contributed by atoms with Crippen molar-refractivity contribution >= 4 is 65.7 Å². The van der Waals surface area contributed by atoms with Crippen LogP contribution in [-0.4, -0.2) is 19.5 Å². The van der Waals surface area contributed by atoms with Gasteiger partial charge in [0, 0.05) is 54.6 Å². The Kier molecular flexibility index (Phi) is 9.78. The molecule has 6 nitrogen and oxygen atoms in total. The van der Waals surface area contributed by atoms with Crippen molar-refractivity contribution in [2.45, 2.75) is 0 Å². The number of benzene rings is 11. The first-order chi connectivity index (χ1) is 37.2. The van der Waals surface area contributed by atoms with Crippen molar-refractivity contribution in [2.24, 2.45) is 0 Å². The minimum atomic E-state index is 0.609. The van der Waals surface area contributed by atoms with E-state index in [1.54, 1.807) is 0 Å². The van der Waals surface area contributed by atoms with E-state index in [0.717, 1.165) is 111 Å². The molecule has 11 aromatic carbocycles. The Morgan fingerprint density at radius 1 is 0.267 bits per heavy atom. The lowest BCUT2D eigenvalue weighted by atomic mass is 9.95. The molecular weight excluding hydrogens is 917 g/mol. The largest absolute Gasteiger partial charge is 0.455 e. The first kappa shape index (κ1) is 42.5. The molecule has 15 rings (SSSR count). The molecule has 6 heteroatoms.